The molecular formula is C9H10N2. The van der Waals surface area contributed by atoms with E-state index >= 15 is 0 Å². The summed E-state index contributed by atoms with van der Waals surface area (Å²) in [5.41, 5.74) is 2.38. The summed E-state index contributed by atoms with van der Waals surface area (Å²) in [6.45, 7) is 0. The lowest BCUT2D eigenvalue weighted by molar-refractivity contribution is 0.901. The minimum atomic E-state index is 0.948. The van der Waals surface area contributed by atoms with Crippen molar-refractivity contribution in [1.29, 1.82) is 0 Å². The Labute approximate surface area is 65.9 Å². The lowest BCUT2D eigenvalue weighted by atomic mass is 10.2. The van der Waals surface area contributed by atoms with E-state index in [1.807, 2.05) is 24.0 Å². The smallest absolute Gasteiger partial charge is 0.0951 e. The Hall–Kier alpha value is -1.31. The summed E-state index contributed by atoms with van der Waals surface area (Å²) >= 11 is 0. The zero-order chi connectivity index (χ0) is 7.68. The van der Waals surface area contributed by atoms with E-state index in [-0.39, 0.29) is 0 Å². The van der Waals surface area contributed by atoms with Gasteiger partial charge in [-0.25, -0.2) is 4.98 Å². The summed E-state index contributed by atoms with van der Waals surface area (Å²) in [4.78, 5) is 4.28. The molecule has 0 amide bonds. The van der Waals surface area contributed by atoms with Crippen molar-refractivity contribution >= 4 is 6.08 Å². The van der Waals surface area contributed by atoms with Crippen LogP contribution >= 0.6 is 0 Å². The summed E-state index contributed by atoms with van der Waals surface area (Å²) < 4.78 is 2.04. The van der Waals surface area contributed by atoms with E-state index < -0.39 is 0 Å². The Balaban J connectivity index is 2.55. The van der Waals surface area contributed by atoms with E-state index in [0.717, 1.165) is 12.1 Å². The second kappa shape index (κ2) is 2.38. The molecular weight excluding hydrogens is 136 g/mol. The average molecular weight is 146 g/mol. The van der Waals surface area contributed by atoms with Gasteiger partial charge in [-0.15, -0.1) is 0 Å². The summed E-state index contributed by atoms with van der Waals surface area (Å²) in [5.74, 6) is 0. The van der Waals surface area contributed by atoms with Gasteiger partial charge in [0.15, 0.2) is 0 Å². The van der Waals surface area contributed by atoms with Crippen LogP contribution in [0.4, 0.5) is 0 Å². The zero-order valence-electron chi connectivity index (χ0n) is 6.49. The Morgan fingerprint density at radius 1 is 1.45 bits per heavy atom. The maximum absolute atomic E-state index is 4.28. The molecule has 0 saturated heterocycles. The van der Waals surface area contributed by atoms with Crippen LogP contribution in [0.1, 0.15) is 11.4 Å². The first-order valence-corrected chi connectivity index (χ1v) is 3.71. The predicted molar refractivity (Wildman–Crippen MR) is 45.1 cm³/mol. The highest BCUT2D eigenvalue weighted by Gasteiger charge is 2.04. The fourth-order valence-corrected chi connectivity index (χ4v) is 1.26. The van der Waals surface area contributed by atoms with Crippen LogP contribution in [0.2, 0.25) is 0 Å². The van der Waals surface area contributed by atoms with Crippen LogP contribution in [0, 0.1) is 0 Å². The molecule has 2 nitrogen and oxygen atoms in total. The molecule has 0 unspecified atom stereocenters. The molecule has 0 bridgehead atoms. The minimum Gasteiger partial charge on any atom is -0.334 e. The van der Waals surface area contributed by atoms with Gasteiger partial charge >= 0.3 is 0 Å². The molecule has 2 rings (SSSR count). The molecule has 0 aromatic carbocycles. The molecule has 0 aliphatic heterocycles. The van der Waals surface area contributed by atoms with Crippen molar-refractivity contribution in [3.8, 4) is 0 Å². The van der Waals surface area contributed by atoms with Crippen LogP contribution in [-0.4, -0.2) is 9.55 Å². The SMILES string of the molecule is Cn1cnc2c1C=CC=CC2. The van der Waals surface area contributed by atoms with E-state index in [0.29, 0.717) is 0 Å². The first kappa shape index (κ1) is 6.40. The lowest BCUT2D eigenvalue weighted by Crippen LogP contribution is -1.90. The quantitative estimate of drug-likeness (QED) is 0.543. The Morgan fingerprint density at radius 3 is 3.27 bits per heavy atom. The number of rotatable bonds is 0. The second-order valence-electron chi connectivity index (χ2n) is 2.68. The largest absolute Gasteiger partial charge is 0.334 e. The summed E-state index contributed by atoms with van der Waals surface area (Å²) in [5, 5.41) is 0. The average Bonchev–Trinajstić information content (AvgIpc) is 2.25. The van der Waals surface area contributed by atoms with E-state index in [1.165, 1.54) is 5.69 Å². The molecule has 0 radical (unpaired) electrons. The first-order chi connectivity index (χ1) is 5.38. The van der Waals surface area contributed by atoms with Gasteiger partial charge < -0.3 is 4.57 Å². The number of allylic oxidation sites excluding steroid dienone is 3. The molecule has 1 aliphatic rings. The van der Waals surface area contributed by atoms with Crippen LogP contribution in [-0.2, 0) is 13.5 Å². The van der Waals surface area contributed by atoms with Gasteiger partial charge in [-0.3, -0.25) is 0 Å². The normalized spacial score (nSPS) is 14.6. The third-order valence-corrected chi connectivity index (χ3v) is 1.87. The van der Waals surface area contributed by atoms with Crippen LogP contribution < -0.4 is 0 Å². The van der Waals surface area contributed by atoms with Crippen molar-refractivity contribution in [3.05, 3.63) is 35.9 Å². The fraction of sp³-hybridized carbons (Fsp3) is 0.222. The lowest BCUT2D eigenvalue weighted by Gasteiger charge is -1.95. The molecule has 1 heterocycles. The third kappa shape index (κ3) is 1.00. The van der Waals surface area contributed by atoms with E-state index in [2.05, 4.69) is 23.2 Å². The highest BCUT2D eigenvalue weighted by Crippen LogP contribution is 2.12. The second-order valence-corrected chi connectivity index (χ2v) is 2.68. The Bertz CT molecular complexity index is 318. The molecule has 1 aromatic heterocycles. The van der Waals surface area contributed by atoms with Crippen molar-refractivity contribution in [2.75, 3.05) is 0 Å². The highest BCUT2D eigenvalue weighted by atomic mass is 15.0. The van der Waals surface area contributed by atoms with Crippen LogP contribution in [0.25, 0.3) is 6.08 Å². The van der Waals surface area contributed by atoms with E-state index in [4.69, 9.17) is 0 Å². The monoisotopic (exact) mass is 146 g/mol. The molecule has 2 heteroatoms. The van der Waals surface area contributed by atoms with Crippen molar-refractivity contribution < 1.29 is 0 Å². The molecule has 11 heavy (non-hydrogen) atoms. The van der Waals surface area contributed by atoms with Gasteiger partial charge in [0.25, 0.3) is 0 Å². The highest BCUT2D eigenvalue weighted by molar-refractivity contribution is 5.52. The number of aromatic nitrogens is 2. The molecule has 0 N–H and O–H groups in total. The first-order valence-electron chi connectivity index (χ1n) is 3.71. The molecule has 0 saturated carbocycles. The maximum atomic E-state index is 4.28. The maximum Gasteiger partial charge on any atom is 0.0951 e. The molecule has 0 atom stereocenters. The molecule has 56 valence electrons. The van der Waals surface area contributed by atoms with Gasteiger partial charge in [-0.05, 0) is 6.08 Å². The van der Waals surface area contributed by atoms with Gasteiger partial charge in [-0.1, -0.05) is 18.2 Å². The van der Waals surface area contributed by atoms with Crippen molar-refractivity contribution in [2.24, 2.45) is 7.05 Å². The third-order valence-electron chi connectivity index (χ3n) is 1.87. The summed E-state index contributed by atoms with van der Waals surface area (Å²) in [6, 6.07) is 0. The van der Waals surface area contributed by atoms with Crippen molar-refractivity contribution in [1.82, 2.24) is 9.55 Å². The number of aryl methyl sites for hydroxylation is 1. The number of nitrogens with zero attached hydrogens (tertiary/aromatic N) is 2. The van der Waals surface area contributed by atoms with Gasteiger partial charge in [0.2, 0.25) is 0 Å². The molecule has 1 aromatic rings. The number of hydrogen-bond acceptors (Lipinski definition) is 1. The topological polar surface area (TPSA) is 17.8 Å². The van der Waals surface area contributed by atoms with Gasteiger partial charge in [0, 0.05) is 13.5 Å². The standard InChI is InChI=1S/C9H10N2/c1-11-7-10-8-5-3-2-4-6-9(8)11/h2-4,6-7H,5H2,1H3. The van der Waals surface area contributed by atoms with E-state index in [9.17, 15) is 0 Å². The molecule has 1 aliphatic carbocycles. The van der Waals surface area contributed by atoms with Crippen LogP contribution in [0.5, 0.6) is 0 Å². The van der Waals surface area contributed by atoms with Gasteiger partial charge in [0.05, 0.1) is 17.7 Å². The molecule has 0 fully saturated rings. The Kier molecular flexibility index (Phi) is 1.39. The van der Waals surface area contributed by atoms with Crippen molar-refractivity contribution in [3.63, 3.8) is 0 Å². The number of hydrogen-bond donors (Lipinski definition) is 0. The van der Waals surface area contributed by atoms with Gasteiger partial charge in [-0.2, -0.15) is 0 Å². The van der Waals surface area contributed by atoms with E-state index in [1.54, 1.807) is 0 Å². The van der Waals surface area contributed by atoms with Crippen LogP contribution in [0.3, 0.4) is 0 Å². The Morgan fingerprint density at radius 2 is 2.36 bits per heavy atom. The fourth-order valence-electron chi connectivity index (χ4n) is 1.26. The van der Waals surface area contributed by atoms with Crippen molar-refractivity contribution in [2.45, 2.75) is 6.42 Å². The number of imidazole rings is 1. The number of fused-ring (bicyclic) bond motifs is 1. The minimum absolute atomic E-state index is 0.948. The zero-order valence-corrected chi connectivity index (χ0v) is 6.49. The molecule has 0 spiro atoms. The summed E-state index contributed by atoms with van der Waals surface area (Å²) in [7, 11) is 2.02. The summed E-state index contributed by atoms with van der Waals surface area (Å²) in [6.07, 6.45) is 11.1. The van der Waals surface area contributed by atoms with Crippen LogP contribution in [0.15, 0.2) is 24.6 Å². The van der Waals surface area contributed by atoms with Gasteiger partial charge in [0.1, 0.15) is 0 Å². The predicted octanol–water partition coefficient (Wildman–Crippen LogP) is 1.55.